The predicted molar refractivity (Wildman–Crippen MR) is 75.3 cm³/mol. The second-order valence-corrected chi connectivity index (χ2v) is 5.96. The minimum absolute atomic E-state index is 0.191. The van der Waals surface area contributed by atoms with E-state index in [4.69, 9.17) is 11.6 Å². The molecule has 3 nitrogen and oxygen atoms in total. The lowest BCUT2D eigenvalue weighted by Gasteiger charge is -2.36. The summed E-state index contributed by atoms with van der Waals surface area (Å²) in [5.74, 6) is -0.191. The fraction of sp³-hybridized carbons (Fsp3) is 0.417. The standard InChI is InChI=1S/C12H13ClINO2/c13-9-6-8(2-3-10(9)14)11(16)15-7-12(17)4-1-5-12/h2-3,6,17H,1,4-5,7H2,(H,15,16). The van der Waals surface area contributed by atoms with Gasteiger partial charge >= 0.3 is 0 Å². The van der Waals surface area contributed by atoms with Gasteiger partial charge in [0.15, 0.2) is 0 Å². The van der Waals surface area contributed by atoms with Gasteiger partial charge in [-0.15, -0.1) is 0 Å². The second-order valence-electron chi connectivity index (χ2n) is 4.39. The molecule has 1 fully saturated rings. The van der Waals surface area contributed by atoms with Crippen LogP contribution in [0.25, 0.3) is 0 Å². The molecule has 2 rings (SSSR count). The lowest BCUT2D eigenvalue weighted by Crippen LogP contribution is -2.47. The summed E-state index contributed by atoms with van der Waals surface area (Å²) in [7, 11) is 0. The predicted octanol–water partition coefficient (Wildman–Crippen LogP) is 2.59. The first-order chi connectivity index (χ1) is 8.00. The second kappa shape index (κ2) is 5.12. The Balaban J connectivity index is 1.97. The summed E-state index contributed by atoms with van der Waals surface area (Å²) >= 11 is 8.06. The SMILES string of the molecule is O=C(NCC1(O)CCC1)c1ccc(I)c(Cl)c1. The molecule has 0 aromatic heterocycles. The van der Waals surface area contributed by atoms with Gasteiger partial charge < -0.3 is 10.4 Å². The van der Waals surface area contributed by atoms with Gasteiger partial charge in [0, 0.05) is 15.7 Å². The number of halogens is 2. The van der Waals surface area contributed by atoms with Crippen LogP contribution >= 0.6 is 34.2 Å². The fourth-order valence-corrected chi connectivity index (χ4v) is 2.26. The van der Waals surface area contributed by atoms with Gasteiger partial charge in [0.25, 0.3) is 5.91 Å². The third-order valence-electron chi connectivity index (χ3n) is 3.04. The minimum atomic E-state index is -0.692. The molecule has 17 heavy (non-hydrogen) atoms. The lowest BCUT2D eigenvalue weighted by molar-refractivity contribution is -0.0300. The summed E-state index contributed by atoms with van der Waals surface area (Å²) in [4.78, 5) is 11.8. The molecule has 1 aliphatic rings. The van der Waals surface area contributed by atoms with Crippen LogP contribution in [0, 0.1) is 3.57 Å². The van der Waals surface area contributed by atoms with E-state index < -0.39 is 5.60 Å². The minimum Gasteiger partial charge on any atom is -0.388 e. The average molecular weight is 366 g/mol. The van der Waals surface area contributed by atoms with Gasteiger partial charge in [-0.1, -0.05) is 11.6 Å². The Hall–Kier alpha value is -0.330. The Bertz CT molecular complexity index is 446. The molecule has 0 heterocycles. The number of nitrogens with one attached hydrogen (secondary N) is 1. The average Bonchev–Trinajstić information content (AvgIpc) is 2.27. The van der Waals surface area contributed by atoms with Gasteiger partial charge in [-0.05, 0) is 60.1 Å². The molecule has 0 saturated heterocycles. The first-order valence-electron chi connectivity index (χ1n) is 5.46. The molecule has 0 atom stereocenters. The Kier molecular flexibility index (Phi) is 3.95. The van der Waals surface area contributed by atoms with Crippen molar-refractivity contribution < 1.29 is 9.90 Å². The summed E-state index contributed by atoms with van der Waals surface area (Å²) in [6, 6.07) is 5.17. The van der Waals surface area contributed by atoms with E-state index in [2.05, 4.69) is 27.9 Å². The first-order valence-corrected chi connectivity index (χ1v) is 6.91. The van der Waals surface area contributed by atoms with E-state index in [0.717, 1.165) is 22.8 Å². The van der Waals surface area contributed by atoms with Crippen molar-refractivity contribution in [2.75, 3.05) is 6.54 Å². The molecule has 0 aliphatic heterocycles. The van der Waals surface area contributed by atoms with Crippen LogP contribution in [0.2, 0.25) is 5.02 Å². The molecule has 0 radical (unpaired) electrons. The molecule has 92 valence electrons. The van der Waals surface area contributed by atoms with E-state index >= 15 is 0 Å². The van der Waals surface area contributed by atoms with Crippen LogP contribution in [-0.4, -0.2) is 23.2 Å². The molecule has 1 aliphatic carbocycles. The highest BCUT2D eigenvalue weighted by Gasteiger charge is 2.34. The van der Waals surface area contributed by atoms with E-state index in [1.165, 1.54) is 0 Å². The molecule has 0 unspecified atom stereocenters. The van der Waals surface area contributed by atoms with Crippen molar-refractivity contribution in [3.8, 4) is 0 Å². The lowest BCUT2D eigenvalue weighted by atomic mass is 9.80. The highest BCUT2D eigenvalue weighted by Crippen LogP contribution is 2.30. The van der Waals surface area contributed by atoms with Gasteiger partial charge in [0.05, 0.1) is 10.6 Å². The van der Waals surface area contributed by atoms with Crippen molar-refractivity contribution in [3.05, 3.63) is 32.4 Å². The summed E-state index contributed by atoms with van der Waals surface area (Å²) in [6.07, 6.45) is 2.56. The van der Waals surface area contributed by atoms with Crippen LogP contribution in [0.1, 0.15) is 29.6 Å². The van der Waals surface area contributed by atoms with E-state index in [1.807, 2.05) is 0 Å². The summed E-state index contributed by atoms with van der Waals surface area (Å²) in [6.45, 7) is 0.315. The normalized spacial score (nSPS) is 17.4. The van der Waals surface area contributed by atoms with Crippen LogP contribution in [0.4, 0.5) is 0 Å². The molecular formula is C12H13ClINO2. The monoisotopic (exact) mass is 365 g/mol. The maximum absolute atomic E-state index is 11.8. The van der Waals surface area contributed by atoms with Gasteiger partial charge in [-0.25, -0.2) is 0 Å². The van der Waals surface area contributed by atoms with Crippen LogP contribution < -0.4 is 5.32 Å². The van der Waals surface area contributed by atoms with Crippen molar-refractivity contribution in [2.24, 2.45) is 0 Å². The Morgan fingerprint density at radius 3 is 2.76 bits per heavy atom. The summed E-state index contributed by atoms with van der Waals surface area (Å²) in [5, 5.41) is 13.2. The highest BCUT2D eigenvalue weighted by atomic mass is 127. The number of aliphatic hydroxyl groups is 1. The van der Waals surface area contributed by atoms with Gasteiger partial charge in [-0.3, -0.25) is 4.79 Å². The topological polar surface area (TPSA) is 49.3 Å². The molecule has 1 aromatic rings. The third-order valence-corrected chi connectivity index (χ3v) is 4.62. The van der Waals surface area contributed by atoms with E-state index in [0.29, 0.717) is 17.1 Å². The molecule has 1 aromatic carbocycles. The van der Waals surface area contributed by atoms with E-state index in [1.54, 1.807) is 18.2 Å². The Morgan fingerprint density at radius 1 is 1.53 bits per heavy atom. The number of rotatable bonds is 3. The van der Waals surface area contributed by atoms with E-state index in [9.17, 15) is 9.90 Å². The number of amides is 1. The zero-order valence-corrected chi connectivity index (χ0v) is 12.1. The van der Waals surface area contributed by atoms with Crippen molar-refractivity contribution in [2.45, 2.75) is 24.9 Å². The van der Waals surface area contributed by atoms with Crippen molar-refractivity contribution >= 4 is 40.1 Å². The Labute approximate surface area is 119 Å². The Morgan fingerprint density at radius 2 is 2.24 bits per heavy atom. The summed E-state index contributed by atoms with van der Waals surface area (Å²) in [5.41, 5.74) is -0.166. The number of benzene rings is 1. The quantitative estimate of drug-likeness (QED) is 0.809. The molecule has 2 N–H and O–H groups in total. The van der Waals surface area contributed by atoms with Gasteiger partial charge in [0.1, 0.15) is 0 Å². The number of hydrogen-bond acceptors (Lipinski definition) is 2. The first kappa shape index (κ1) is 13.1. The van der Waals surface area contributed by atoms with Crippen molar-refractivity contribution in [3.63, 3.8) is 0 Å². The largest absolute Gasteiger partial charge is 0.388 e. The van der Waals surface area contributed by atoms with Gasteiger partial charge in [0.2, 0.25) is 0 Å². The molecule has 0 spiro atoms. The molecule has 1 amide bonds. The van der Waals surface area contributed by atoms with E-state index in [-0.39, 0.29) is 5.91 Å². The molecule has 1 saturated carbocycles. The number of carbonyl (C=O) groups is 1. The maximum atomic E-state index is 11.8. The highest BCUT2D eigenvalue weighted by molar-refractivity contribution is 14.1. The maximum Gasteiger partial charge on any atom is 0.251 e. The number of hydrogen-bond donors (Lipinski definition) is 2. The zero-order chi connectivity index (χ0) is 12.5. The van der Waals surface area contributed by atoms with Crippen LogP contribution in [-0.2, 0) is 0 Å². The molecular weight excluding hydrogens is 352 g/mol. The van der Waals surface area contributed by atoms with Crippen molar-refractivity contribution in [1.29, 1.82) is 0 Å². The third kappa shape index (κ3) is 3.11. The smallest absolute Gasteiger partial charge is 0.251 e. The van der Waals surface area contributed by atoms with Gasteiger partial charge in [-0.2, -0.15) is 0 Å². The van der Waals surface area contributed by atoms with Crippen LogP contribution in [0.3, 0.4) is 0 Å². The van der Waals surface area contributed by atoms with Crippen LogP contribution in [0.5, 0.6) is 0 Å². The van der Waals surface area contributed by atoms with Crippen molar-refractivity contribution in [1.82, 2.24) is 5.32 Å². The number of carbonyl (C=O) groups excluding carboxylic acids is 1. The fourth-order valence-electron chi connectivity index (χ4n) is 1.75. The summed E-state index contributed by atoms with van der Waals surface area (Å²) < 4.78 is 0.915. The zero-order valence-electron chi connectivity index (χ0n) is 9.17. The van der Waals surface area contributed by atoms with Crippen LogP contribution in [0.15, 0.2) is 18.2 Å². The molecule has 0 bridgehead atoms. The molecule has 5 heteroatoms.